The van der Waals surface area contributed by atoms with Crippen molar-refractivity contribution in [2.24, 2.45) is 0 Å². The predicted molar refractivity (Wildman–Crippen MR) is 233 cm³/mol. The topological polar surface area (TPSA) is 17.8 Å². The number of hydrogen-bond acceptors (Lipinski definition) is 1. The van der Waals surface area contributed by atoms with E-state index in [2.05, 4.69) is 205 Å². The maximum atomic E-state index is 5.05. The summed E-state index contributed by atoms with van der Waals surface area (Å²) in [7, 11) is 0. The van der Waals surface area contributed by atoms with Gasteiger partial charge >= 0.3 is 0 Å². The van der Waals surface area contributed by atoms with Gasteiger partial charge < -0.3 is 4.57 Å². The van der Waals surface area contributed by atoms with Crippen LogP contribution < -0.4 is 0 Å². The third-order valence-corrected chi connectivity index (χ3v) is 11.2. The van der Waals surface area contributed by atoms with Crippen molar-refractivity contribution in [3.63, 3.8) is 0 Å². The minimum atomic E-state index is 0.957. The van der Waals surface area contributed by atoms with Gasteiger partial charge in [-0.15, -0.1) is 0 Å². The Balaban J connectivity index is 0.975. The van der Waals surface area contributed by atoms with Crippen molar-refractivity contribution in [3.05, 3.63) is 206 Å². The fraction of sp³-hybridized carbons (Fsp3) is 0. The van der Waals surface area contributed by atoms with Gasteiger partial charge in [-0.1, -0.05) is 170 Å². The Morgan fingerprint density at radius 2 is 0.873 bits per heavy atom. The molecule has 0 fully saturated rings. The fourth-order valence-corrected chi connectivity index (χ4v) is 8.71. The fourth-order valence-electron chi connectivity index (χ4n) is 8.71. The van der Waals surface area contributed by atoms with Gasteiger partial charge in [0.15, 0.2) is 0 Å². The molecular formula is C53H34N2. The van der Waals surface area contributed by atoms with Crippen molar-refractivity contribution in [1.82, 2.24) is 9.55 Å². The zero-order valence-corrected chi connectivity index (χ0v) is 30.0. The molecule has 2 heteroatoms. The molecule has 0 radical (unpaired) electrons. The van der Waals surface area contributed by atoms with E-state index in [1.165, 1.54) is 87.6 Å². The van der Waals surface area contributed by atoms with E-state index in [1.807, 2.05) is 6.20 Å². The highest BCUT2D eigenvalue weighted by atomic mass is 15.0. The molecule has 0 atom stereocenters. The van der Waals surface area contributed by atoms with Crippen molar-refractivity contribution < 1.29 is 0 Å². The summed E-state index contributed by atoms with van der Waals surface area (Å²) >= 11 is 0. The number of hydrogen-bond donors (Lipinski definition) is 0. The van der Waals surface area contributed by atoms with Crippen LogP contribution >= 0.6 is 0 Å². The number of nitrogens with zero attached hydrogens (tertiary/aromatic N) is 2. The van der Waals surface area contributed by atoms with E-state index in [9.17, 15) is 0 Å². The molecule has 0 bridgehead atoms. The highest BCUT2D eigenvalue weighted by Gasteiger charge is 2.18. The second-order valence-electron chi connectivity index (χ2n) is 14.3. The van der Waals surface area contributed by atoms with Crippen LogP contribution in [0.3, 0.4) is 0 Å². The number of benzene rings is 9. The summed E-state index contributed by atoms with van der Waals surface area (Å²) in [6.07, 6.45) is 2.04. The number of aromatic nitrogens is 2. The highest BCUT2D eigenvalue weighted by molar-refractivity contribution is 6.22. The first kappa shape index (κ1) is 31.3. The first-order chi connectivity index (χ1) is 27.3. The first-order valence-corrected chi connectivity index (χ1v) is 18.9. The smallest absolute Gasteiger partial charge is 0.0702 e. The van der Waals surface area contributed by atoms with Gasteiger partial charge in [0.05, 0.1) is 16.7 Å². The number of pyridine rings is 1. The molecule has 0 spiro atoms. The highest BCUT2D eigenvalue weighted by Crippen LogP contribution is 2.44. The predicted octanol–water partition coefficient (Wildman–Crippen LogP) is 14.3. The average Bonchev–Trinajstić information content (AvgIpc) is 3.60. The maximum absolute atomic E-state index is 5.05. The van der Waals surface area contributed by atoms with Crippen molar-refractivity contribution in [3.8, 4) is 50.3 Å². The second-order valence-corrected chi connectivity index (χ2v) is 14.3. The minimum absolute atomic E-state index is 0.957. The van der Waals surface area contributed by atoms with Gasteiger partial charge in [0.25, 0.3) is 0 Å². The van der Waals surface area contributed by atoms with Crippen LogP contribution in [0.25, 0.3) is 104 Å². The molecule has 0 aliphatic carbocycles. The molecule has 55 heavy (non-hydrogen) atoms. The van der Waals surface area contributed by atoms with E-state index in [1.54, 1.807) is 0 Å². The summed E-state index contributed by atoms with van der Waals surface area (Å²) in [5.41, 5.74) is 12.9. The van der Waals surface area contributed by atoms with E-state index in [0.717, 1.165) is 16.8 Å². The first-order valence-electron chi connectivity index (χ1n) is 18.9. The molecule has 9 aromatic carbocycles. The van der Waals surface area contributed by atoms with Gasteiger partial charge in [-0.3, -0.25) is 4.98 Å². The zero-order chi connectivity index (χ0) is 36.3. The Labute approximate surface area is 319 Å². The Kier molecular flexibility index (Phi) is 7.21. The third kappa shape index (κ3) is 5.07. The van der Waals surface area contributed by atoms with Gasteiger partial charge in [-0.2, -0.15) is 0 Å². The Bertz CT molecular complexity index is 3160. The molecule has 0 saturated heterocycles. The number of rotatable bonds is 5. The maximum Gasteiger partial charge on any atom is 0.0702 e. The van der Waals surface area contributed by atoms with Gasteiger partial charge in [0, 0.05) is 39.2 Å². The SMILES string of the molecule is c1ccc(-c2c3ccccc3c(-c3ccc(-c4ccc(-c5ccc6c(c5)c5ccc7ccccc7c5n6-c5ccccc5)cc4)nc3)c3ccccc23)cc1. The van der Waals surface area contributed by atoms with E-state index >= 15 is 0 Å². The molecule has 2 nitrogen and oxygen atoms in total. The van der Waals surface area contributed by atoms with E-state index in [4.69, 9.17) is 4.98 Å². The molecular weight excluding hydrogens is 665 g/mol. The lowest BCUT2D eigenvalue weighted by atomic mass is 9.86. The van der Waals surface area contributed by atoms with Crippen LogP contribution in [-0.4, -0.2) is 9.55 Å². The van der Waals surface area contributed by atoms with E-state index in [0.29, 0.717) is 0 Å². The molecule has 2 heterocycles. The lowest BCUT2D eigenvalue weighted by Crippen LogP contribution is -1.94. The Morgan fingerprint density at radius 1 is 0.327 bits per heavy atom. The van der Waals surface area contributed by atoms with Crippen LogP contribution in [0.4, 0.5) is 0 Å². The Morgan fingerprint density at radius 3 is 1.53 bits per heavy atom. The molecule has 0 amide bonds. The standard InChI is InChI=1S/C53H34N2/c1-3-14-38(15-4-1)51-43-19-9-11-21-45(43)52(46-22-12-10-20-44(46)51)40-28-31-49(54-34-40)37-25-23-35(24-26-37)39-29-32-50-48(33-39)47-30-27-36-13-7-8-18-42(36)53(47)55(50)41-16-5-2-6-17-41/h1-34H. The van der Waals surface area contributed by atoms with Crippen LogP contribution in [0.1, 0.15) is 0 Å². The summed E-state index contributed by atoms with van der Waals surface area (Å²) < 4.78 is 2.42. The monoisotopic (exact) mass is 698 g/mol. The molecule has 11 rings (SSSR count). The van der Waals surface area contributed by atoms with Gasteiger partial charge in [-0.25, -0.2) is 0 Å². The van der Waals surface area contributed by atoms with Gasteiger partial charge in [0.2, 0.25) is 0 Å². The summed E-state index contributed by atoms with van der Waals surface area (Å²) in [6.45, 7) is 0. The number of fused-ring (bicyclic) bond motifs is 7. The molecule has 256 valence electrons. The summed E-state index contributed by atoms with van der Waals surface area (Å²) in [4.78, 5) is 5.05. The normalized spacial score (nSPS) is 11.6. The summed E-state index contributed by atoms with van der Waals surface area (Å²) in [5.74, 6) is 0. The largest absolute Gasteiger partial charge is 0.309 e. The van der Waals surface area contributed by atoms with Crippen molar-refractivity contribution in [1.29, 1.82) is 0 Å². The molecule has 11 aromatic rings. The van der Waals surface area contributed by atoms with E-state index < -0.39 is 0 Å². The minimum Gasteiger partial charge on any atom is -0.309 e. The Hall–Kier alpha value is -7.29. The number of para-hydroxylation sites is 1. The second kappa shape index (κ2) is 12.7. The van der Waals surface area contributed by atoms with Crippen molar-refractivity contribution in [2.45, 2.75) is 0 Å². The molecule has 0 aliphatic heterocycles. The van der Waals surface area contributed by atoms with Crippen LogP contribution in [0, 0.1) is 0 Å². The molecule has 0 aliphatic rings. The zero-order valence-electron chi connectivity index (χ0n) is 30.0. The molecule has 0 saturated carbocycles. The molecule has 0 N–H and O–H groups in total. The van der Waals surface area contributed by atoms with E-state index in [-0.39, 0.29) is 0 Å². The lowest BCUT2D eigenvalue weighted by Gasteiger charge is -2.17. The molecule has 0 unspecified atom stereocenters. The third-order valence-electron chi connectivity index (χ3n) is 11.2. The van der Waals surface area contributed by atoms with Crippen molar-refractivity contribution >= 4 is 54.1 Å². The molecule has 2 aromatic heterocycles. The van der Waals surface area contributed by atoms with Crippen LogP contribution in [0.5, 0.6) is 0 Å². The van der Waals surface area contributed by atoms with Gasteiger partial charge in [0.1, 0.15) is 0 Å². The lowest BCUT2D eigenvalue weighted by molar-refractivity contribution is 1.19. The van der Waals surface area contributed by atoms with Gasteiger partial charge in [-0.05, 0) is 85.1 Å². The van der Waals surface area contributed by atoms with Crippen LogP contribution in [-0.2, 0) is 0 Å². The average molecular weight is 699 g/mol. The van der Waals surface area contributed by atoms with Crippen LogP contribution in [0.2, 0.25) is 0 Å². The van der Waals surface area contributed by atoms with Crippen LogP contribution in [0.15, 0.2) is 206 Å². The van der Waals surface area contributed by atoms with Crippen molar-refractivity contribution in [2.75, 3.05) is 0 Å². The summed E-state index contributed by atoms with van der Waals surface area (Å²) in [6, 6.07) is 72.3. The quantitative estimate of drug-likeness (QED) is 0.164. The summed E-state index contributed by atoms with van der Waals surface area (Å²) in [5, 5.41) is 9.98.